The number of amides is 1. The summed E-state index contributed by atoms with van der Waals surface area (Å²) in [7, 11) is 0. The van der Waals surface area contributed by atoms with Crippen molar-refractivity contribution in [1.29, 1.82) is 0 Å². The molecule has 0 unspecified atom stereocenters. The van der Waals surface area contributed by atoms with Gasteiger partial charge in [0.1, 0.15) is 0 Å². The number of ether oxygens (including phenoxy) is 1. The Kier molecular flexibility index (Phi) is 3.44. The standard InChI is InChI=1S/C9H14N2O5Se/c10-8(14)5-2-17-4-11(5)9(15)3-16-6(1-12)7(9)13/h2,6-7,12-13,15H,1,3-4H2,(H2,10,14)/t6-,7-,9-/m1/s1. The van der Waals surface area contributed by atoms with E-state index in [2.05, 4.69) is 0 Å². The average Bonchev–Trinajstić information content (AvgIpc) is 2.87. The van der Waals surface area contributed by atoms with Crippen LogP contribution in [0.4, 0.5) is 0 Å². The van der Waals surface area contributed by atoms with Gasteiger partial charge in [-0.25, -0.2) is 0 Å². The first-order valence-electron chi connectivity index (χ1n) is 5.03. The van der Waals surface area contributed by atoms with Gasteiger partial charge in [0.25, 0.3) is 0 Å². The number of hydrogen-bond acceptors (Lipinski definition) is 6. The van der Waals surface area contributed by atoms with Crippen LogP contribution in [0.1, 0.15) is 0 Å². The minimum atomic E-state index is -1.69. The van der Waals surface area contributed by atoms with Gasteiger partial charge in [0.15, 0.2) is 0 Å². The number of aliphatic hydroxyl groups is 3. The van der Waals surface area contributed by atoms with Crippen LogP contribution in [0.3, 0.4) is 0 Å². The molecular formula is C9H14N2O5Se. The molecule has 0 aliphatic carbocycles. The van der Waals surface area contributed by atoms with E-state index in [1.807, 2.05) is 0 Å². The Labute approximate surface area is 104 Å². The van der Waals surface area contributed by atoms with E-state index in [1.165, 1.54) is 4.90 Å². The SMILES string of the molecule is NC(=O)C1=C[Se]CN1[C@@]1(O)CO[C@H](CO)[C@H]1O. The van der Waals surface area contributed by atoms with Gasteiger partial charge >= 0.3 is 104 Å². The summed E-state index contributed by atoms with van der Waals surface area (Å²) in [6, 6.07) is 0. The number of hydrogen-bond donors (Lipinski definition) is 4. The number of carbonyl (C=O) groups excluding carboxylic acids is 1. The molecule has 0 spiro atoms. The van der Waals surface area contributed by atoms with Gasteiger partial charge in [-0.05, 0) is 0 Å². The third-order valence-corrected chi connectivity index (χ3v) is 4.60. The van der Waals surface area contributed by atoms with Crippen LogP contribution in [0, 0.1) is 0 Å². The number of rotatable bonds is 3. The van der Waals surface area contributed by atoms with Crippen LogP contribution < -0.4 is 5.73 Å². The Bertz CT molecular complexity index is 363. The number of aliphatic hydroxyl groups excluding tert-OH is 2. The zero-order valence-corrected chi connectivity index (χ0v) is 10.7. The van der Waals surface area contributed by atoms with E-state index in [4.69, 9.17) is 15.6 Å². The van der Waals surface area contributed by atoms with Gasteiger partial charge in [0.2, 0.25) is 0 Å². The molecule has 96 valence electrons. The number of primary amides is 1. The molecule has 0 saturated carbocycles. The summed E-state index contributed by atoms with van der Waals surface area (Å²) in [4.78, 5) is 14.3. The van der Waals surface area contributed by atoms with Crippen LogP contribution >= 0.6 is 0 Å². The third kappa shape index (κ3) is 1.97. The van der Waals surface area contributed by atoms with Crippen LogP contribution in [0.5, 0.6) is 0 Å². The first-order chi connectivity index (χ1) is 8.00. The molecule has 0 aromatic heterocycles. The van der Waals surface area contributed by atoms with Crippen molar-refractivity contribution in [3.63, 3.8) is 0 Å². The molecule has 0 aromatic carbocycles. The molecule has 3 atom stereocenters. The molecule has 7 nitrogen and oxygen atoms in total. The second-order valence-corrected chi connectivity index (χ2v) is 5.68. The molecule has 2 aliphatic rings. The fraction of sp³-hybridized carbons (Fsp3) is 0.667. The average molecular weight is 309 g/mol. The Morgan fingerprint density at radius 2 is 2.47 bits per heavy atom. The normalized spacial score (nSPS) is 37.4. The summed E-state index contributed by atoms with van der Waals surface area (Å²) in [6.45, 7) is -0.557. The van der Waals surface area contributed by atoms with Crippen molar-refractivity contribution in [3.05, 3.63) is 10.7 Å². The Morgan fingerprint density at radius 3 is 3.00 bits per heavy atom. The van der Waals surface area contributed by atoms with Crippen LogP contribution in [-0.2, 0) is 9.53 Å². The molecule has 17 heavy (non-hydrogen) atoms. The van der Waals surface area contributed by atoms with E-state index < -0.39 is 30.4 Å². The summed E-state index contributed by atoms with van der Waals surface area (Å²) < 4.78 is 5.11. The van der Waals surface area contributed by atoms with Crippen molar-refractivity contribution in [2.45, 2.75) is 17.9 Å². The third-order valence-electron chi connectivity index (χ3n) is 2.92. The molecule has 0 radical (unpaired) electrons. The first-order valence-corrected chi connectivity index (χ1v) is 7.23. The Morgan fingerprint density at radius 1 is 1.76 bits per heavy atom. The summed E-state index contributed by atoms with van der Waals surface area (Å²) in [5.41, 5.74) is 4.16. The van der Waals surface area contributed by atoms with Gasteiger partial charge in [-0.15, -0.1) is 0 Å². The quantitative estimate of drug-likeness (QED) is 0.407. The van der Waals surface area contributed by atoms with Crippen molar-refractivity contribution < 1.29 is 24.9 Å². The number of nitrogens with zero attached hydrogens (tertiary/aromatic N) is 1. The monoisotopic (exact) mass is 310 g/mol. The Balaban J connectivity index is 2.22. The molecule has 0 bridgehead atoms. The predicted octanol–water partition coefficient (Wildman–Crippen LogP) is -3.27. The molecule has 2 heterocycles. The van der Waals surface area contributed by atoms with Crippen LogP contribution in [0.2, 0.25) is 0 Å². The van der Waals surface area contributed by atoms with Crippen LogP contribution in [0.15, 0.2) is 10.7 Å². The molecule has 1 amide bonds. The van der Waals surface area contributed by atoms with E-state index in [1.54, 1.807) is 4.97 Å². The van der Waals surface area contributed by atoms with Crippen molar-refractivity contribution in [1.82, 2.24) is 4.90 Å². The molecule has 8 heteroatoms. The van der Waals surface area contributed by atoms with Crippen molar-refractivity contribution >= 4 is 20.9 Å². The summed E-state index contributed by atoms with van der Waals surface area (Å²) in [6.07, 6.45) is -2.12. The predicted molar refractivity (Wildman–Crippen MR) is 57.5 cm³/mol. The summed E-state index contributed by atoms with van der Waals surface area (Å²) in [5, 5.41) is 29.3. The molecule has 5 N–H and O–H groups in total. The zero-order valence-electron chi connectivity index (χ0n) is 8.94. The van der Waals surface area contributed by atoms with Gasteiger partial charge < -0.3 is 0 Å². The van der Waals surface area contributed by atoms with E-state index >= 15 is 0 Å². The molecule has 2 aliphatic heterocycles. The molecule has 1 saturated heterocycles. The topological polar surface area (TPSA) is 116 Å². The first kappa shape index (κ1) is 12.8. The fourth-order valence-electron chi connectivity index (χ4n) is 1.93. The Hall–Kier alpha value is -0.631. The van der Waals surface area contributed by atoms with E-state index in [-0.39, 0.29) is 27.3 Å². The van der Waals surface area contributed by atoms with Gasteiger partial charge in [-0.2, -0.15) is 0 Å². The van der Waals surface area contributed by atoms with Gasteiger partial charge in [-0.3, -0.25) is 0 Å². The fourth-order valence-corrected chi connectivity index (χ4v) is 4.00. The van der Waals surface area contributed by atoms with E-state index in [0.29, 0.717) is 5.44 Å². The van der Waals surface area contributed by atoms with Crippen LogP contribution in [-0.4, -0.2) is 77.7 Å². The van der Waals surface area contributed by atoms with E-state index in [9.17, 15) is 15.0 Å². The summed E-state index contributed by atoms with van der Waals surface area (Å²) in [5.74, 6) is -0.641. The van der Waals surface area contributed by atoms with Gasteiger partial charge in [0.05, 0.1) is 0 Å². The molecule has 1 fully saturated rings. The number of nitrogens with two attached hydrogens (primary N) is 1. The van der Waals surface area contributed by atoms with Gasteiger partial charge in [-0.1, -0.05) is 0 Å². The van der Waals surface area contributed by atoms with Crippen molar-refractivity contribution in [2.75, 3.05) is 18.7 Å². The number of carbonyl (C=O) groups is 1. The molecule has 2 rings (SSSR count). The summed E-state index contributed by atoms with van der Waals surface area (Å²) >= 11 is 0.0249. The minimum absolute atomic E-state index is 0.0249. The van der Waals surface area contributed by atoms with Gasteiger partial charge in [0, 0.05) is 0 Å². The van der Waals surface area contributed by atoms with Crippen molar-refractivity contribution in [2.24, 2.45) is 5.73 Å². The molecule has 0 aromatic rings. The van der Waals surface area contributed by atoms with Crippen molar-refractivity contribution in [3.8, 4) is 0 Å². The second-order valence-electron chi connectivity index (χ2n) is 3.95. The zero-order chi connectivity index (χ0) is 12.6. The van der Waals surface area contributed by atoms with Crippen LogP contribution in [0.25, 0.3) is 0 Å². The maximum atomic E-state index is 11.2. The molecular weight excluding hydrogens is 295 g/mol. The van der Waals surface area contributed by atoms with E-state index in [0.717, 1.165) is 0 Å². The second kappa shape index (κ2) is 4.56. The maximum absolute atomic E-state index is 11.2.